The summed E-state index contributed by atoms with van der Waals surface area (Å²) in [6.07, 6.45) is 0. The maximum absolute atomic E-state index is 14.4. The van der Waals surface area contributed by atoms with E-state index in [0.717, 1.165) is 15.6 Å². The highest BCUT2D eigenvalue weighted by Crippen LogP contribution is 2.32. The van der Waals surface area contributed by atoms with Gasteiger partial charge < -0.3 is 0 Å². The second-order valence-electron chi connectivity index (χ2n) is 7.36. The summed E-state index contributed by atoms with van der Waals surface area (Å²) in [5.74, 6) is -0.899. The van der Waals surface area contributed by atoms with Crippen LogP contribution in [0.1, 0.15) is 17.2 Å². The summed E-state index contributed by atoms with van der Waals surface area (Å²) < 4.78 is 42.8. The molecule has 4 rings (SSSR count). The number of nitrogens with zero attached hydrogens (tertiary/aromatic N) is 2. The van der Waals surface area contributed by atoms with Crippen LogP contribution in [-0.4, -0.2) is 43.8 Å². The first kappa shape index (κ1) is 22.4. The zero-order valence-corrected chi connectivity index (χ0v) is 19.7. The summed E-state index contributed by atoms with van der Waals surface area (Å²) in [6.45, 7) is 1.59. The van der Waals surface area contributed by atoms with Crippen LogP contribution in [0, 0.1) is 5.82 Å². The van der Waals surface area contributed by atoms with Crippen molar-refractivity contribution in [2.24, 2.45) is 0 Å². The molecule has 162 valence electrons. The molecule has 1 fully saturated rings. The van der Waals surface area contributed by atoms with E-state index in [0.29, 0.717) is 13.1 Å². The molecule has 3 aromatic carbocycles. The van der Waals surface area contributed by atoms with Gasteiger partial charge in [0.1, 0.15) is 4.90 Å². The Morgan fingerprint density at radius 3 is 2.10 bits per heavy atom. The van der Waals surface area contributed by atoms with E-state index in [1.165, 1.54) is 22.5 Å². The Balaban J connectivity index is 1.58. The van der Waals surface area contributed by atoms with Crippen molar-refractivity contribution in [1.29, 1.82) is 0 Å². The molecule has 1 saturated heterocycles. The van der Waals surface area contributed by atoms with Gasteiger partial charge in [0.05, 0.1) is 11.1 Å². The summed E-state index contributed by atoms with van der Waals surface area (Å²) in [6, 6.07) is 22.4. The predicted octanol–water partition coefficient (Wildman–Crippen LogP) is 5.34. The average Bonchev–Trinajstić information content (AvgIpc) is 2.78. The van der Waals surface area contributed by atoms with E-state index < -0.39 is 15.8 Å². The van der Waals surface area contributed by atoms with Crippen molar-refractivity contribution >= 4 is 37.6 Å². The molecule has 1 aliphatic rings. The van der Waals surface area contributed by atoms with Gasteiger partial charge in [-0.1, -0.05) is 76.1 Å². The van der Waals surface area contributed by atoms with Crippen LogP contribution in [0.15, 0.2) is 82.2 Å². The van der Waals surface area contributed by atoms with Gasteiger partial charge in [-0.25, -0.2) is 12.8 Å². The smallest absolute Gasteiger partial charge is 0.246 e. The summed E-state index contributed by atoms with van der Waals surface area (Å²) in [5.41, 5.74) is 2.27. The van der Waals surface area contributed by atoms with Crippen molar-refractivity contribution in [2.75, 3.05) is 26.2 Å². The van der Waals surface area contributed by atoms with Crippen molar-refractivity contribution in [3.63, 3.8) is 0 Å². The van der Waals surface area contributed by atoms with Gasteiger partial charge in [-0.2, -0.15) is 4.31 Å². The molecule has 3 aromatic rings. The molecular formula is C23H21BrClFN2O2S. The van der Waals surface area contributed by atoms with Crippen molar-refractivity contribution in [2.45, 2.75) is 10.9 Å². The van der Waals surface area contributed by atoms with Crippen molar-refractivity contribution < 1.29 is 12.8 Å². The second kappa shape index (κ2) is 9.38. The predicted molar refractivity (Wildman–Crippen MR) is 124 cm³/mol. The Hall–Kier alpha value is -1.77. The van der Waals surface area contributed by atoms with Crippen LogP contribution in [0.3, 0.4) is 0 Å². The molecule has 1 atom stereocenters. The molecule has 0 radical (unpaired) electrons. The minimum absolute atomic E-state index is 0.00191. The van der Waals surface area contributed by atoms with Gasteiger partial charge in [0.25, 0.3) is 0 Å². The highest BCUT2D eigenvalue weighted by molar-refractivity contribution is 9.10. The number of sulfonamides is 1. The van der Waals surface area contributed by atoms with Crippen LogP contribution in [0.2, 0.25) is 5.02 Å². The maximum Gasteiger partial charge on any atom is 0.246 e. The fraction of sp³-hybridized carbons (Fsp3) is 0.217. The second-order valence-corrected chi connectivity index (χ2v) is 10.6. The normalized spacial score (nSPS) is 16.9. The molecule has 0 aromatic heterocycles. The molecule has 8 heteroatoms. The quantitative estimate of drug-likeness (QED) is 0.453. The van der Waals surface area contributed by atoms with Crippen LogP contribution >= 0.6 is 27.5 Å². The Labute approximate surface area is 195 Å². The third-order valence-corrected chi connectivity index (χ3v) is 8.21. The number of hydrogen-bond acceptors (Lipinski definition) is 3. The molecule has 0 bridgehead atoms. The molecule has 0 amide bonds. The van der Waals surface area contributed by atoms with Gasteiger partial charge in [-0.15, -0.1) is 0 Å². The van der Waals surface area contributed by atoms with E-state index in [2.05, 4.69) is 45.1 Å². The van der Waals surface area contributed by atoms with E-state index in [-0.39, 0.29) is 29.0 Å². The molecule has 1 heterocycles. The Bertz CT molecular complexity index is 1150. The Morgan fingerprint density at radius 2 is 1.45 bits per heavy atom. The molecule has 0 N–H and O–H groups in total. The van der Waals surface area contributed by atoms with Gasteiger partial charge >= 0.3 is 0 Å². The molecule has 0 saturated carbocycles. The SMILES string of the molecule is O=S(=O)(c1cccc(Cl)c1F)N1CCN([C@@H](c2ccccc2)c2ccc(Br)cc2)CC1. The van der Waals surface area contributed by atoms with Crippen molar-refractivity contribution in [3.05, 3.63) is 99.2 Å². The zero-order valence-electron chi connectivity index (χ0n) is 16.6. The molecule has 0 spiro atoms. The van der Waals surface area contributed by atoms with Gasteiger partial charge in [0.2, 0.25) is 10.0 Å². The lowest BCUT2D eigenvalue weighted by Gasteiger charge is -2.39. The van der Waals surface area contributed by atoms with Crippen molar-refractivity contribution in [1.82, 2.24) is 9.21 Å². The molecule has 4 nitrogen and oxygen atoms in total. The fourth-order valence-corrected chi connectivity index (χ4v) is 5.92. The zero-order chi connectivity index (χ0) is 22.0. The monoisotopic (exact) mass is 522 g/mol. The van der Waals surface area contributed by atoms with E-state index in [1.54, 1.807) is 0 Å². The van der Waals surface area contributed by atoms with Crippen molar-refractivity contribution in [3.8, 4) is 0 Å². The van der Waals surface area contributed by atoms with Crippen LogP contribution in [0.4, 0.5) is 4.39 Å². The lowest BCUT2D eigenvalue weighted by molar-refractivity contribution is 0.155. The number of hydrogen-bond donors (Lipinski definition) is 0. The van der Waals surface area contributed by atoms with E-state index in [9.17, 15) is 12.8 Å². The topological polar surface area (TPSA) is 40.6 Å². The van der Waals surface area contributed by atoms with Gasteiger partial charge in [0.15, 0.2) is 5.82 Å². The summed E-state index contributed by atoms with van der Waals surface area (Å²) in [7, 11) is -3.96. The van der Waals surface area contributed by atoms with Crippen LogP contribution in [0.25, 0.3) is 0 Å². The standard InChI is InChI=1S/C23H21BrClFN2O2S/c24-19-11-9-18(10-12-19)23(17-5-2-1-3-6-17)27-13-15-28(16-14-27)31(29,30)21-8-4-7-20(25)22(21)26/h1-12,23H,13-16H2/t23-/m0/s1. The van der Waals surface area contributed by atoms with Gasteiger partial charge in [0, 0.05) is 30.7 Å². The minimum atomic E-state index is -3.96. The summed E-state index contributed by atoms with van der Waals surface area (Å²) in [5, 5.41) is -0.195. The van der Waals surface area contributed by atoms with Crippen LogP contribution < -0.4 is 0 Å². The summed E-state index contributed by atoms with van der Waals surface area (Å²) in [4.78, 5) is 1.89. The fourth-order valence-electron chi connectivity index (χ4n) is 3.92. The first-order valence-corrected chi connectivity index (χ1v) is 12.5. The Morgan fingerprint density at radius 1 is 0.839 bits per heavy atom. The first-order valence-electron chi connectivity index (χ1n) is 9.86. The molecular weight excluding hydrogens is 503 g/mol. The van der Waals surface area contributed by atoms with E-state index in [4.69, 9.17) is 11.6 Å². The summed E-state index contributed by atoms with van der Waals surface area (Å²) >= 11 is 9.28. The third kappa shape index (κ3) is 4.71. The number of benzene rings is 3. The Kier molecular flexibility index (Phi) is 6.79. The highest BCUT2D eigenvalue weighted by Gasteiger charge is 2.34. The lowest BCUT2D eigenvalue weighted by atomic mass is 9.96. The number of halogens is 3. The van der Waals surface area contributed by atoms with Gasteiger partial charge in [-0.05, 0) is 35.4 Å². The average molecular weight is 524 g/mol. The van der Waals surface area contributed by atoms with Crippen LogP contribution in [0.5, 0.6) is 0 Å². The van der Waals surface area contributed by atoms with Gasteiger partial charge in [-0.3, -0.25) is 4.90 Å². The number of piperazine rings is 1. The molecule has 31 heavy (non-hydrogen) atoms. The third-order valence-electron chi connectivity index (χ3n) is 5.47. The van der Waals surface area contributed by atoms with Crippen LogP contribution in [-0.2, 0) is 10.0 Å². The molecule has 0 unspecified atom stereocenters. The first-order chi connectivity index (χ1) is 14.9. The molecule has 0 aliphatic carbocycles. The maximum atomic E-state index is 14.4. The van der Waals surface area contributed by atoms with E-state index >= 15 is 0 Å². The number of rotatable bonds is 5. The lowest BCUT2D eigenvalue weighted by Crippen LogP contribution is -2.49. The molecule has 1 aliphatic heterocycles. The highest BCUT2D eigenvalue weighted by atomic mass is 79.9. The minimum Gasteiger partial charge on any atom is -0.290 e. The largest absolute Gasteiger partial charge is 0.290 e. The van der Waals surface area contributed by atoms with E-state index in [1.807, 2.05) is 30.3 Å².